The third-order valence-corrected chi connectivity index (χ3v) is 3.39. The molecule has 1 atom stereocenters. The van der Waals surface area contributed by atoms with Crippen molar-refractivity contribution in [1.29, 1.82) is 0 Å². The number of benzene rings is 1. The summed E-state index contributed by atoms with van der Waals surface area (Å²) in [4.78, 5) is 13.7. The molecule has 1 amide bonds. The molecule has 0 spiro atoms. The fraction of sp³-hybridized carbons (Fsp3) is 0.500. The Kier molecular flexibility index (Phi) is 4.31. The van der Waals surface area contributed by atoms with E-state index in [9.17, 15) is 9.18 Å². The van der Waals surface area contributed by atoms with Gasteiger partial charge in [0.25, 0.3) is 5.91 Å². The second-order valence-corrected chi connectivity index (χ2v) is 4.82. The van der Waals surface area contributed by atoms with Crippen molar-refractivity contribution in [2.24, 2.45) is 0 Å². The molecule has 1 N–H and O–H groups in total. The third-order valence-electron chi connectivity index (χ3n) is 3.39. The first-order valence-corrected chi connectivity index (χ1v) is 6.41. The van der Waals surface area contributed by atoms with Gasteiger partial charge in [-0.15, -0.1) is 0 Å². The molecule has 3 nitrogen and oxygen atoms in total. The van der Waals surface area contributed by atoms with E-state index in [2.05, 4.69) is 5.32 Å². The molecule has 1 aliphatic heterocycles. The molecule has 1 saturated heterocycles. The van der Waals surface area contributed by atoms with Gasteiger partial charge in [0.15, 0.2) is 0 Å². The largest absolute Gasteiger partial charge is 0.342 e. The number of nitrogens with zero attached hydrogens (tertiary/aromatic N) is 1. The van der Waals surface area contributed by atoms with Gasteiger partial charge in [0.1, 0.15) is 5.82 Å². The number of rotatable bonds is 4. The van der Waals surface area contributed by atoms with E-state index < -0.39 is 0 Å². The van der Waals surface area contributed by atoms with E-state index in [4.69, 9.17) is 0 Å². The number of hydrogen-bond acceptors (Lipinski definition) is 2. The van der Waals surface area contributed by atoms with Gasteiger partial charge in [-0.05, 0) is 44.0 Å². The van der Waals surface area contributed by atoms with Crippen LogP contribution in [0, 0.1) is 5.82 Å². The summed E-state index contributed by atoms with van der Waals surface area (Å²) in [6, 6.07) is 6.36. The van der Waals surface area contributed by atoms with Crippen molar-refractivity contribution >= 4 is 5.91 Å². The molecule has 98 valence electrons. The Labute approximate surface area is 107 Å². The molecule has 18 heavy (non-hydrogen) atoms. The highest BCUT2D eigenvalue weighted by atomic mass is 19.1. The predicted molar refractivity (Wildman–Crippen MR) is 69.0 cm³/mol. The molecule has 4 heteroatoms. The van der Waals surface area contributed by atoms with Gasteiger partial charge in [-0.2, -0.15) is 0 Å². The summed E-state index contributed by atoms with van der Waals surface area (Å²) in [6.07, 6.45) is 3.35. The molecule has 1 fully saturated rings. The van der Waals surface area contributed by atoms with E-state index >= 15 is 0 Å². The van der Waals surface area contributed by atoms with Gasteiger partial charge in [0.05, 0.1) is 0 Å². The highest BCUT2D eigenvalue weighted by Crippen LogP contribution is 2.11. The molecular formula is C14H19FN2O. The lowest BCUT2D eigenvalue weighted by Crippen LogP contribution is -2.32. The number of hydrogen-bond donors (Lipinski definition) is 1. The Morgan fingerprint density at radius 2 is 2.39 bits per heavy atom. The number of carbonyl (C=O) groups excluding carboxylic acids is 1. The van der Waals surface area contributed by atoms with Crippen LogP contribution in [0.4, 0.5) is 4.39 Å². The van der Waals surface area contributed by atoms with E-state index in [1.807, 2.05) is 0 Å². The zero-order chi connectivity index (χ0) is 13.0. The minimum absolute atomic E-state index is 0.118. The molecule has 0 aliphatic carbocycles. The first-order valence-electron chi connectivity index (χ1n) is 6.41. The van der Waals surface area contributed by atoms with E-state index in [0.717, 1.165) is 13.0 Å². The van der Waals surface area contributed by atoms with Crippen LogP contribution in [0.25, 0.3) is 0 Å². The van der Waals surface area contributed by atoms with Crippen LogP contribution in [0.15, 0.2) is 24.3 Å². The van der Waals surface area contributed by atoms with Crippen LogP contribution in [-0.2, 0) is 0 Å². The number of halogens is 1. The Bertz CT molecular complexity index is 416. The maximum absolute atomic E-state index is 13.0. The molecule has 1 aromatic rings. The lowest BCUT2D eigenvalue weighted by Gasteiger charge is -2.19. The van der Waals surface area contributed by atoms with Crippen molar-refractivity contribution in [3.05, 3.63) is 35.6 Å². The van der Waals surface area contributed by atoms with Crippen LogP contribution in [0.3, 0.4) is 0 Å². The lowest BCUT2D eigenvalue weighted by atomic mass is 10.1. The van der Waals surface area contributed by atoms with Gasteiger partial charge in [0, 0.05) is 25.2 Å². The molecule has 2 rings (SSSR count). The second kappa shape index (κ2) is 5.96. The van der Waals surface area contributed by atoms with Gasteiger partial charge in [-0.3, -0.25) is 4.79 Å². The second-order valence-electron chi connectivity index (χ2n) is 4.82. The Morgan fingerprint density at radius 3 is 3.06 bits per heavy atom. The van der Waals surface area contributed by atoms with Crippen LogP contribution in [0.2, 0.25) is 0 Å². The van der Waals surface area contributed by atoms with Crippen LogP contribution < -0.4 is 5.32 Å². The maximum atomic E-state index is 13.0. The monoisotopic (exact) mass is 250 g/mol. The summed E-state index contributed by atoms with van der Waals surface area (Å²) in [5.74, 6) is -0.487. The first-order chi connectivity index (χ1) is 8.66. The highest BCUT2D eigenvalue weighted by Gasteiger charge is 2.17. The molecule has 0 aromatic heterocycles. The van der Waals surface area contributed by atoms with Crippen molar-refractivity contribution in [1.82, 2.24) is 10.2 Å². The fourth-order valence-corrected chi connectivity index (χ4v) is 2.30. The van der Waals surface area contributed by atoms with Crippen LogP contribution in [0.5, 0.6) is 0 Å². The Morgan fingerprint density at radius 1 is 1.56 bits per heavy atom. The molecule has 1 aliphatic rings. The molecule has 0 saturated carbocycles. The summed E-state index contributed by atoms with van der Waals surface area (Å²) in [7, 11) is 1.77. The number of nitrogens with one attached hydrogen (secondary N) is 1. The molecule has 0 radical (unpaired) electrons. The average Bonchev–Trinajstić information content (AvgIpc) is 2.88. The van der Waals surface area contributed by atoms with Gasteiger partial charge in [-0.1, -0.05) is 6.07 Å². The average molecular weight is 250 g/mol. The molecule has 1 heterocycles. The zero-order valence-electron chi connectivity index (χ0n) is 10.7. The van der Waals surface area contributed by atoms with Crippen molar-refractivity contribution < 1.29 is 9.18 Å². The van der Waals surface area contributed by atoms with E-state index in [1.54, 1.807) is 24.1 Å². The summed E-state index contributed by atoms with van der Waals surface area (Å²) < 4.78 is 13.0. The topological polar surface area (TPSA) is 32.3 Å². The number of amides is 1. The van der Waals surface area contributed by atoms with E-state index in [0.29, 0.717) is 18.2 Å². The molecule has 1 unspecified atom stereocenters. The first kappa shape index (κ1) is 13.0. The zero-order valence-corrected chi connectivity index (χ0v) is 10.7. The van der Waals surface area contributed by atoms with Crippen LogP contribution in [0.1, 0.15) is 29.6 Å². The molecule has 1 aromatic carbocycles. The quantitative estimate of drug-likeness (QED) is 0.887. The van der Waals surface area contributed by atoms with Crippen molar-refractivity contribution in [3.63, 3.8) is 0 Å². The fourth-order valence-electron chi connectivity index (χ4n) is 2.30. The van der Waals surface area contributed by atoms with Crippen LogP contribution in [-0.4, -0.2) is 37.0 Å². The minimum atomic E-state index is -0.369. The predicted octanol–water partition coefficient (Wildman–Crippen LogP) is 2.04. The molecule has 0 bridgehead atoms. The van der Waals surface area contributed by atoms with Gasteiger partial charge in [-0.25, -0.2) is 4.39 Å². The molecular weight excluding hydrogens is 231 g/mol. The van der Waals surface area contributed by atoms with Crippen LogP contribution >= 0.6 is 0 Å². The van der Waals surface area contributed by atoms with Gasteiger partial charge < -0.3 is 10.2 Å². The van der Waals surface area contributed by atoms with E-state index in [-0.39, 0.29) is 11.7 Å². The Balaban J connectivity index is 1.87. The summed E-state index contributed by atoms with van der Waals surface area (Å²) >= 11 is 0. The van der Waals surface area contributed by atoms with Crippen molar-refractivity contribution in [3.8, 4) is 0 Å². The van der Waals surface area contributed by atoms with Gasteiger partial charge >= 0.3 is 0 Å². The normalized spacial score (nSPS) is 18.9. The summed E-state index contributed by atoms with van der Waals surface area (Å²) in [5, 5.41) is 3.40. The SMILES string of the molecule is CN(CCC1CCCN1)C(=O)c1cccc(F)c1. The van der Waals surface area contributed by atoms with Crippen molar-refractivity contribution in [2.45, 2.75) is 25.3 Å². The van der Waals surface area contributed by atoms with Gasteiger partial charge in [0.2, 0.25) is 0 Å². The third kappa shape index (κ3) is 3.29. The smallest absolute Gasteiger partial charge is 0.253 e. The summed E-state index contributed by atoms with van der Waals surface area (Å²) in [6.45, 7) is 1.78. The minimum Gasteiger partial charge on any atom is -0.342 e. The lowest BCUT2D eigenvalue weighted by molar-refractivity contribution is 0.0790. The summed E-state index contributed by atoms with van der Waals surface area (Å²) in [5.41, 5.74) is 0.414. The highest BCUT2D eigenvalue weighted by molar-refractivity contribution is 5.94. The van der Waals surface area contributed by atoms with Crippen molar-refractivity contribution in [2.75, 3.05) is 20.1 Å². The maximum Gasteiger partial charge on any atom is 0.253 e. The Hall–Kier alpha value is -1.42. The van der Waals surface area contributed by atoms with E-state index in [1.165, 1.54) is 25.0 Å². The standard InChI is InChI=1S/C14H19FN2O/c1-17(9-7-13-6-3-8-16-13)14(18)11-4-2-5-12(15)10-11/h2,4-5,10,13,16H,3,6-9H2,1H3. The number of carbonyl (C=O) groups is 1.